The normalized spacial score (nSPS) is 10.5. The Morgan fingerprint density at radius 3 is 2.71 bits per heavy atom. The summed E-state index contributed by atoms with van der Waals surface area (Å²) in [6.07, 6.45) is 4.04. The minimum atomic E-state index is 0.458. The van der Waals surface area contributed by atoms with Crippen molar-refractivity contribution >= 4 is 6.08 Å². The molecule has 0 saturated carbocycles. The van der Waals surface area contributed by atoms with E-state index in [0.717, 1.165) is 17.7 Å². The van der Waals surface area contributed by atoms with Crippen LogP contribution in [0.5, 0.6) is 5.75 Å². The summed E-state index contributed by atoms with van der Waals surface area (Å²) in [7, 11) is 1.90. The van der Waals surface area contributed by atoms with Crippen molar-refractivity contribution < 1.29 is 4.74 Å². The highest BCUT2D eigenvalue weighted by atomic mass is 16.5. The summed E-state index contributed by atoms with van der Waals surface area (Å²) in [6, 6.07) is 17.7. The molecule has 2 rings (SSSR count). The molecule has 0 heterocycles. The predicted octanol–water partition coefficient (Wildman–Crippen LogP) is 3.37. The smallest absolute Gasteiger partial charge is 0.138 e. The fourth-order valence-electron chi connectivity index (χ4n) is 1.90. The van der Waals surface area contributed by atoms with Crippen molar-refractivity contribution in [3.63, 3.8) is 0 Å². The van der Waals surface area contributed by atoms with Crippen molar-refractivity contribution in [1.82, 2.24) is 5.32 Å². The quantitative estimate of drug-likeness (QED) is 0.881. The Balaban J connectivity index is 2.12. The van der Waals surface area contributed by atoms with E-state index < -0.39 is 0 Å². The van der Waals surface area contributed by atoms with Crippen molar-refractivity contribution in [2.75, 3.05) is 13.6 Å². The van der Waals surface area contributed by atoms with Gasteiger partial charge in [-0.05, 0) is 30.3 Å². The van der Waals surface area contributed by atoms with Gasteiger partial charge in [-0.1, -0.05) is 48.6 Å². The van der Waals surface area contributed by atoms with Crippen molar-refractivity contribution in [3.8, 4) is 11.8 Å². The molecule has 3 heteroatoms. The second-order valence-electron chi connectivity index (χ2n) is 4.60. The van der Waals surface area contributed by atoms with Gasteiger partial charge in [0.05, 0.1) is 5.56 Å². The van der Waals surface area contributed by atoms with Gasteiger partial charge in [0.25, 0.3) is 0 Å². The van der Waals surface area contributed by atoms with Crippen LogP contribution in [0.1, 0.15) is 16.7 Å². The van der Waals surface area contributed by atoms with Gasteiger partial charge < -0.3 is 10.1 Å². The summed E-state index contributed by atoms with van der Waals surface area (Å²) in [6.45, 7) is 1.26. The van der Waals surface area contributed by atoms with Gasteiger partial charge in [0.15, 0.2) is 0 Å². The number of nitriles is 1. The van der Waals surface area contributed by atoms with E-state index in [4.69, 9.17) is 10.00 Å². The maximum absolute atomic E-state index is 9.16. The average molecular weight is 278 g/mol. The molecular formula is C18H18N2O. The van der Waals surface area contributed by atoms with Gasteiger partial charge in [-0.15, -0.1) is 0 Å². The highest BCUT2D eigenvalue weighted by Gasteiger charge is 2.04. The molecule has 0 unspecified atom stereocenters. The first kappa shape index (κ1) is 14.8. The van der Waals surface area contributed by atoms with E-state index in [2.05, 4.69) is 11.4 Å². The molecule has 3 nitrogen and oxygen atoms in total. The van der Waals surface area contributed by atoms with Gasteiger partial charge in [-0.25, -0.2) is 0 Å². The second kappa shape index (κ2) is 7.88. The Morgan fingerprint density at radius 1 is 1.19 bits per heavy atom. The Kier molecular flexibility index (Phi) is 5.57. The summed E-state index contributed by atoms with van der Waals surface area (Å²) >= 11 is 0. The second-order valence-corrected chi connectivity index (χ2v) is 4.60. The van der Waals surface area contributed by atoms with Crippen LogP contribution in [0.2, 0.25) is 0 Å². The van der Waals surface area contributed by atoms with Gasteiger partial charge in [0.1, 0.15) is 18.4 Å². The lowest BCUT2D eigenvalue weighted by Gasteiger charge is -2.09. The van der Waals surface area contributed by atoms with Gasteiger partial charge in [-0.3, -0.25) is 0 Å². The van der Waals surface area contributed by atoms with Crippen molar-refractivity contribution in [1.29, 1.82) is 5.26 Å². The van der Waals surface area contributed by atoms with Gasteiger partial charge in [-0.2, -0.15) is 5.26 Å². The third-order valence-electron chi connectivity index (χ3n) is 3.00. The molecule has 0 aliphatic rings. The van der Waals surface area contributed by atoms with E-state index in [0.29, 0.717) is 17.9 Å². The first-order chi connectivity index (χ1) is 10.3. The molecule has 0 amide bonds. The Labute approximate surface area is 125 Å². The zero-order valence-corrected chi connectivity index (χ0v) is 12.0. The fourth-order valence-corrected chi connectivity index (χ4v) is 1.90. The summed E-state index contributed by atoms with van der Waals surface area (Å²) in [5.41, 5.74) is 2.65. The number of hydrogen-bond donors (Lipinski definition) is 1. The SMILES string of the molecule is CNCC=Cc1ccc(C#N)c(OCc2ccccc2)c1. The zero-order chi connectivity index (χ0) is 14.9. The maximum Gasteiger partial charge on any atom is 0.138 e. The number of nitrogens with zero attached hydrogens (tertiary/aromatic N) is 1. The first-order valence-corrected chi connectivity index (χ1v) is 6.85. The van der Waals surface area contributed by atoms with Gasteiger partial charge in [0.2, 0.25) is 0 Å². The summed E-state index contributed by atoms with van der Waals surface area (Å²) in [5, 5.41) is 12.2. The van der Waals surface area contributed by atoms with E-state index >= 15 is 0 Å². The van der Waals surface area contributed by atoms with Crippen molar-refractivity contribution in [2.45, 2.75) is 6.61 Å². The van der Waals surface area contributed by atoms with E-state index in [-0.39, 0.29) is 0 Å². The molecule has 0 saturated heterocycles. The largest absolute Gasteiger partial charge is 0.488 e. The molecule has 0 atom stereocenters. The zero-order valence-electron chi connectivity index (χ0n) is 12.0. The molecule has 0 bridgehead atoms. The third kappa shape index (κ3) is 4.48. The van der Waals surface area contributed by atoms with Crippen LogP contribution in [0, 0.1) is 11.3 Å². The number of likely N-dealkylation sites (N-methyl/N-ethyl adjacent to an activating group) is 1. The van der Waals surface area contributed by atoms with Crippen LogP contribution in [-0.2, 0) is 6.61 Å². The Morgan fingerprint density at radius 2 is 2.00 bits per heavy atom. The lowest BCUT2D eigenvalue weighted by molar-refractivity contribution is 0.305. The summed E-state index contributed by atoms with van der Waals surface area (Å²) in [5.74, 6) is 0.618. The highest BCUT2D eigenvalue weighted by Crippen LogP contribution is 2.21. The molecule has 0 radical (unpaired) electrons. The third-order valence-corrected chi connectivity index (χ3v) is 3.00. The molecule has 0 spiro atoms. The van der Waals surface area contributed by atoms with Crippen LogP contribution < -0.4 is 10.1 Å². The highest BCUT2D eigenvalue weighted by molar-refractivity contribution is 5.56. The number of hydrogen-bond acceptors (Lipinski definition) is 3. The standard InChI is InChI=1S/C18H18N2O/c1-20-11-5-8-15-9-10-17(13-19)18(12-15)21-14-16-6-3-2-4-7-16/h2-10,12,20H,11,14H2,1H3. The number of ether oxygens (including phenoxy) is 1. The number of rotatable bonds is 6. The lowest BCUT2D eigenvalue weighted by Crippen LogP contribution is -2.03. The van der Waals surface area contributed by atoms with E-state index in [9.17, 15) is 0 Å². The molecule has 0 aliphatic heterocycles. The molecule has 0 fully saturated rings. The topological polar surface area (TPSA) is 45.0 Å². The molecule has 2 aromatic rings. The maximum atomic E-state index is 9.16. The minimum Gasteiger partial charge on any atom is -0.488 e. The van der Waals surface area contributed by atoms with Crippen LogP contribution in [0.4, 0.5) is 0 Å². The van der Waals surface area contributed by atoms with E-state index in [1.165, 1.54) is 0 Å². The Hall–Kier alpha value is -2.57. The van der Waals surface area contributed by atoms with Crippen LogP contribution in [0.25, 0.3) is 6.08 Å². The van der Waals surface area contributed by atoms with Crippen LogP contribution in [-0.4, -0.2) is 13.6 Å². The van der Waals surface area contributed by atoms with Crippen molar-refractivity contribution in [3.05, 3.63) is 71.3 Å². The minimum absolute atomic E-state index is 0.458. The van der Waals surface area contributed by atoms with Crippen molar-refractivity contribution in [2.24, 2.45) is 0 Å². The van der Waals surface area contributed by atoms with Gasteiger partial charge >= 0.3 is 0 Å². The first-order valence-electron chi connectivity index (χ1n) is 6.85. The van der Waals surface area contributed by atoms with Crippen LogP contribution in [0.3, 0.4) is 0 Å². The molecular weight excluding hydrogens is 260 g/mol. The molecule has 0 aliphatic carbocycles. The van der Waals surface area contributed by atoms with Gasteiger partial charge in [0, 0.05) is 6.54 Å². The number of nitrogens with one attached hydrogen (secondary N) is 1. The molecule has 0 aromatic heterocycles. The molecule has 21 heavy (non-hydrogen) atoms. The van der Waals surface area contributed by atoms with E-state index in [1.807, 2.05) is 61.7 Å². The fraction of sp³-hybridized carbons (Fsp3) is 0.167. The number of benzene rings is 2. The van der Waals surface area contributed by atoms with E-state index in [1.54, 1.807) is 6.07 Å². The molecule has 1 N–H and O–H groups in total. The average Bonchev–Trinajstić information content (AvgIpc) is 2.54. The summed E-state index contributed by atoms with van der Waals surface area (Å²) in [4.78, 5) is 0. The predicted molar refractivity (Wildman–Crippen MR) is 84.9 cm³/mol. The lowest BCUT2D eigenvalue weighted by atomic mass is 10.1. The molecule has 106 valence electrons. The summed E-state index contributed by atoms with van der Waals surface area (Å²) < 4.78 is 5.79. The van der Waals surface area contributed by atoms with Crippen LogP contribution in [0.15, 0.2) is 54.6 Å². The molecule has 2 aromatic carbocycles. The monoisotopic (exact) mass is 278 g/mol. The Bertz CT molecular complexity index is 642. The van der Waals surface area contributed by atoms with Crippen LogP contribution >= 0.6 is 0 Å².